The highest BCUT2D eigenvalue weighted by atomic mass is 79.9. The van der Waals surface area contributed by atoms with E-state index in [1.54, 1.807) is 0 Å². The van der Waals surface area contributed by atoms with Crippen molar-refractivity contribution in [2.75, 3.05) is 0 Å². The molecule has 0 aliphatic rings. The molecule has 0 radical (unpaired) electrons. The highest BCUT2D eigenvalue weighted by molar-refractivity contribution is 9.11. The van der Waals surface area contributed by atoms with Gasteiger partial charge in [-0.1, -0.05) is 43.5 Å². The fraction of sp³-hybridized carbons (Fsp3) is 0.167. The average Bonchev–Trinajstić information content (AvgIpc) is 2.62. The van der Waals surface area contributed by atoms with Crippen LogP contribution in [0.1, 0.15) is 22.1 Å². The molecular weight excluding hydrogens is 387 g/mol. The van der Waals surface area contributed by atoms with E-state index in [0.717, 1.165) is 24.9 Å². The third-order valence-electron chi connectivity index (χ3n) is 2.43. The van der Waals surface area contributed by atoms with Gasteiger partial charge in [0.15, 0.2) is 0 Å². The summed E-state index contributed by atoms with van der Waals surface area (Å²) in [5.41, 5.74) is 1.81. The van der Waals surface area contributed by atoms with Crippen LogP contribution in [0.25, 0.3) is 0 Å². The molecule has 1 heterocycles. The first-order valence-electron chi connectivity index (χ1n) is 4.87. The fourth-order valence-electron chi connectivity index (χ4n) is 1.50. The first kappa shape index (κ1) is 13.6. The van der Waals surface area contributed by atoms with Crippen molar-refractivity contribution < 1.29 is 5.11 Å². The predicted molar refractivity (Wildman–Crippen MR) is 80.0 cm³/mol. The fourth-order valence-corrected chi connectivity index (χ4v) is 3.64. The molecule has 90 valence electrons. The normalized spacial score (nSPS) is 12.8. The number of rotatable bonds is 2. The summed E-state index contributed by atoms with van der Waals surface area (Å²) in [6.45, 7) is 1.94. The Balaban J connectivity index is 2.47. The van der Waals surface area contributed by atoms with Crippen LogP contribution in [0.15, 0.2) is 32.5 Å². The van der Waals surface area contributed by atoms with Gasteiger partial charge in [-0.3, -0.25) is 0 Å². The van der Waals surface area contributed by atoms with Gasteiger partial charge in [0.1, 0.15) is 6.10 Å². The minimum atomic E-state index is -0.701. The maximum Gasteiger partial charge on any atom is 0.116 e. The first-order chi connectivity index (χ1) is 8.00. The zero-order valence-electron chi connectivity index (χ0n) is 8.88. The average molecular weight is 397 g/mol. The van der Waals surface area contributed by atoms with Gasteiger partial charge in [-0.25, -0.2) is 0 Å². The van der Waals surface area contributed by atoms with Crippen molar-refractivity contribution >= 4 is 54.8 Å². The first-order valence-corrected chi connectivity index (χ1v) is 7.71. The van der Waals surface area contributed by atoms with Crippen LogP contribution in [0.5, 0.6) is 0 Å². The summed E-state index contributed by atoms with van der Waals surface area (Å²) in [5, 5.41) is 13.0. The van der Waals surface area contributed by atoms with Crippen molar-refractivity contribution in [3.8, 4) is 0 Å². The van der Waals surface area contributed by atoms with E-state index in [9.17, 15) is 5.11 Å². The number of hydrogen-bond donors (Lipinski definition) is 1. The molecule has 0 aliphatic heterocycles. The molecule has 1 nitrogen and oxygen atoms in total. The van der Waals surface area contributed by atoms with Crippen LogP contribution in [-0.4, -0.2) is 5.11 Å². The van der Waals surface area contributed by atoms with E-state index >= 15 is 0 Å². The van der Waals surface area contributed by atoms with Gasteiger partial charge in [-0.05, 0) is 36.1 Å². The Hall–Kier alpha value is 0.130. The minimum Gasteiger partial charge on any atom is -0.383 e. The molecule has 0 bridgehead atoms. The number of halogens is 3. The maximum atomic E-state index is 10.4. The van der Waals surface area contributed by atoms with Gasteiger partial charge in [0.25, 0.3) is 0 Å². The van der Waals surface area contributed by atoms with Crippen molar-refractivity contribution in [3.63, 3.8) is 0 Å². The number of benzene rings is 1. The zero-order chi connectivity index (χ0) is 12.6. The molecule has 1 aromatic carbocycles. The van der Waals surface area contributed by atoms with Gasteiger partial charge in [-0.15, -0.1) is 11.3 Å². The number of aliphatic hydroxyl groups is 1. The monoisotopic (exact) mass is 394 g/mol. The molecule has 1 aromatic heterocycles. The molecule has 5 heteroatoms. The molecule has 2 rings (SSSR count). The third-order valence-corrected chi connectivity index (χ3v) is 5.41. The van der Waals surface area contributed by atoms with E-state index in [1.807, 2.05) is 30.5 Å². The van der Waals surface area contributed by atoms with Crippen LogP contribution in [0.4, 0.5) is 0 Å². The smallest absolute Gasteiger partial charge is 0.116 e. The summed E-state index contributed by atoms with van der Waals surface area (Å²) in [7, 11) is 0. The Bertz CT molecular complexity index is 553. The molecule has 1 N–H and O–H groups in total. The summed E-state index contributed by atoms with van der Waals surface area (Å²) in [6, 6.07) is 5.71. The quantitative estimate of drug-likeness (QED) is 0.729. The number of aryl methyl sites for hydroxylation is 1. The SMILES string of the molecule is Cc1csc(C(O)c2cc(Br)ccc2Br)c1Cl. The van der Waals surface area contributed by atoms with Crippen molar-refractivity contribution in [3.05, 3.63) is 53.6 Å². The van der Waals surface area contributed by atoms with Crippen LogP contribution in [-0.2, 0) is 0 Å². The van der Waals surface area contributed by atoms with Crippen molar-refractivity contribution in [1.29, 1.82) is 0 Å². The Morgan fingerprint density at radius 2 is 2.06 bits per heavy atom. The lowest BCUT2D eigenvalue weighted by molar-refractivity contribution is 0.223. The summed E-state index contributed by atoms with van der Waals surface area (Å²) in [5.74, 6) is 0. The summed E-state index contributed by atoms with van der Waals surface area (Å²) in [6.07, 6.45) is -0.701. The van der Waals surface area contributed by atoms with E-state index < -0.39 is 6.10 Å². The molecular formula is C12H9Br2ClOS. The van der Waals surface area contributed by atoms with E-state index in [1.165, 1.54) is 11.3 Å². The number of thiophene rings is 1. The number of hydrogen-bond acceptors (Lipinski definition) is 2. The van der Waals surface area contributed by atoms with Gasteiger partial charge in [-0.2, -0.15) is 0 Å². The largest absolute Gasteiger partial charge is 0.383 e. The summed E-state index contributed by atoms with van der Waals surface area (Å²) < 4.78 is 1.80. The van der Waals surface area contributed by atoms with Crippen molar-refractivity contribution in [2.45, 2.75) is 13.0 Å². The molecule has 0 fully saturated rings. The van der Waals surface area contributed by atoms with Gasteiger partial charge < -0.3 is 5.11 Å². The molecule has 0 saturated carbocycles. The van der Waals surface area contributed by atoms with Crippen LogP contribution in [0, 0.1) is 6.92 Å². The molecule has 1 atom stereocenters. The van der Waals surface area contributed by atoms with E-state index in [4.69, 9.17) is 11.6 Å². The predicted octanol–water partition coefficient (Wildman–Crippen LogP) is 5.32. The van der Waals surface area contributed by atoms with E-state index in [2.05, 4.69) is 31.9 Å². The molecule has 17 heavy (non-hydrogen) atoms. The second-order valence-electron chi connectivity index (χ2n) is 3.67. The molecule has 0 amide bonds. The molecule has 1 unspecified atom stereocenters. The zero-order valence-corrected chi connectivity index (χ0v) is 13.6. The summed E-state index contributed by atoms with van der Waals surface area (Å²) in [4.78, 5) is 0.781. The standard InChI is InChI=1S/C12H9Br2ClOS/c1-6-5-17-12(10(6)15)11(16)8-4-7(13)2-3-9(8)14/h2-5,11,16H,1H3. The number of aliphatic hydroxyl groups excluding tert-OH is 1. The van der Waals surface area contributed by atoms with Crippen LogP contribution >= 0.6 is 54.8 Å². The van der Waals surface area contributed by atoms with Crippen LogP contribution < -0.4 is 0 Å². The van der Waals surface area contributed by atoms with Gasteiger partial charge in [0, 0.05) is 14.5 Å². The Morgan fingerprint density at radius 1 is 1.35 bits per heavy atom. The lowest BCUT2D eigenvalue weighted by Crippen LogP contribution is -1.99. The second kappa shape index (κ2) is 5.41. The molecule has 0 spiro atoms. The lowest BCUT2D eigenvalue weighted by Gasteiger charge is -2.12. The van der Waals surface area contributed by atoms with Gasteiger partial charge in [0.05, 0.1) is 9.90 Å². The lowest BCUT2D eigenvalue weighted by atomic mass is 10.1. The van der Waals surface area contributed by atoms with Crippen molar-refractivity contribution in [1.82, 2.24) is 0 Å². The van der Waals surface area contributed by atoms with Gasteiger partial charge in [0.2, 0.25) is 0 Å². The van der Waals surface area contributed by atoms with Crippen molar-refractivity contribution in [2.24, 2.45) is 0 Å². The molecule has 0 aliphatic carbocycles. The summed E-state index contributed by atoms with van der Waals surface area (Å²) >= 11 is 14.5. The molecule has 2 aromatic rings. The van der Waals surface area contributed by atoms with Crippen LogP contribution in [0.2, 0.25) is 5.02 Å². The topological polar surface area (TPSA) is 20.2 Å². The highest BCUT2D eigenvalue weighted by Gasteiger charge is 2.19. The third kappa shape index (κ3) is 2.76. The molecule has 0 saturated heterocycles. The van der Waals surface area contributed by atoms with E-state index in [-0.39, 0.29) is 0 Å². The Kier molecular flexibility index (Phi) is 4.31. The van der Waals surface area contributed by atoms with Crippen LogP contribution in [0.3, 0.4) is 0 Å². The minimum absolute atomic E-state index is 0.648. The Morgan fingerprint density at radius 3 is 2.65 bits per heavy atom. The maximum absolute atomic E-state index is 10.4. The van der Waals surface area contributed by atoms with E-state index in [0.29, 0.717) is 5.02 Å². The highest BCUT2D eigenvalue weighted by Crippen LogP contribution is 2.38. The Labute approximate surface area is 126 Å². The van der Waals surface area contributed by atoms with Gasteiger partial charge >= 0.3 is 0 Å². The second-order valence-corrected chi connectivity index (χ2v) is 6.72.